The highest BCUT2D eigenvalue weighted by Crippen LogP contribution is 2.32. The molecule has 1 aliphatic heterocycles. The molecule has 0 aromatic carbocycles. The summed E-state index contributed by atoms with van der Waals surface area (Å²) in [5.41, 5.74) is -1.08. The van der Waals surface area contributed by atoms with Gasteiger partial charge in [0.05, 0.1) is 0 Å². The standard InChI is InChI=1S/C5H5BrCl2N2O2/c1-5(2-6)3(11)9(7)4(12)10(5)8/h2H2,1H3. The van der Waals surface area contributed by atoms with Gasteiger partial charge in [-0.25, -0.2) is 9.21 Å². The van der Waals surface area contributed by atoms with Crippen LogP contribution in [0.15, 0.2) is 0 Å². The van der Waals surface area contributed by atoms with Crippen LogP contribution in [0.1, 0.15) is 6.92 Å². The van der Waals surface area contributed by atoms with Crippen molar-refractivity contribution in [3.05, 3.63) is 0 Å². The first kappa shape index (κ1) is 10.1. The number of halogens is 3. The summed E-state index contributed by atoms with van der Waals surface area (Å²) < 4.78 is 1.27. The fourth-order valence-electron chi connectivity index (χ4n) is 0.780. The van der Waals surface area contributed by atoms with Crippen molar-refractivity contribution in [2.75, 3.05) is 5.33 Å². The number of hydrogen-bond donors (Lipinski definition) is 0. The average Bonchev–Trinajstić information content (AvgIpc) is 2.22. The number of amides is 3. The summed E-state index contributed by atoms with van der Waals surface area (Å²) in [6.07, 6.45) is 0. The van der Waals surface area contributed by atoms with Gasteiger partial charge in [0.15, 0.2) is 0 Å². The Kier molecular flexibility index (Phi) is 2.56. The highest BCUT2D eigenvalue weighted by Gasteiger charge is 2.53. The Bertz CT molecular complexity index is 250. The molecule has 0 saturated carbocycles. The molecule has 0 aliphatic carbocycles. The van der Waals surface area contributed by atoms with Gasteiger partial charge >= 0.3 is 6.03 Å². The van der Waals surface area contributed by atoms with E-state index in [-0.39, 0.29) is 5.33 Å². The van der Waals surface area contributed by atoms with E-state index in [1.807, 2.05) is 0 Å². The maximum absolute atomic E-state index is 11.3. The molecule has 1 heterocycles. The van der Waals surface area contributed by atoms with Gasteiger partial charge in [-0.3, -0.25) is 4.79 Å². The van der Waals surface area contributed by atoms with Gasteiger partial charge in [0.2, 0.25) is 0 Å². The Hall–Kier alpha value is -0.000000000000000111. The molecular weight excluding hydrogens is 271 g/mol. The van der Waals surface area contributed by atoms with Crippen molar-refractivity contribution in [3.63, 3.8) is 0 Å². The van der Waals surface area contributed by atoms with Crippen LogP contribution in [0.4, 0.5) is 4.79 Å². The van der Waals surface area contributed by atoms with Crippen molar-refractivity contribution >= 4 is 51.4 Å². The number of hydrogen-bond acceptors (Lipinski definition) is 2. The van der Waals surface area contributed by atoms with Gasteiger partial charge in [-0.15, -0.1) is 0 Å². The Morgan fingerprint density at radius 1 is 1.50 bits per heavy atom. The van der Waals surface area contributed by atoms with Crippen LogP contribution in [0.25, 0.3) is 0 Å². The summed E-state index contributed by atoms with van der Waals surface area (Å²) in [5.74, 6) is -0.527. The molecule has 68 valence electrons. The van der Waals surface area contributed by atoms with Crippen LogP contribution in [0.3, 0.4) is 0 Å². The third-order valence-corrected chi connectivity index (χ3v) is 3.58. The third-order valence-electron chi connectivity index (χ3n) is 1.67. The van der Waals surface area contributed by atoms with Crippen LogP contribution >= 0.6 is 39.5 Å². The van der Waals surface area contributed by atoms with Crippen molar-refractivity contribution in [2.24, 2.45) is 0 Å². The highest BCUT2D eigenvalue weighted by molar-refractivity contribution is 9.09. The first-order chi connectivity index (χ1) is 5.45. The summed E-state index contributed by atoms with van der Waals surface area (Å²) in [6.45, 7) is 1.53. The van der Waals surface area contributed by atoms with E-state index >= 15 is 0 Å². The molecule has 1 fully saturated rings. The molecule has 7 heteroatoms. The fraction of sp³-hybridized carbons (Fsp3) is 0.600. The summed E-state index contributed by atoms with van der Waals surface area (Å²) >= 11 is 14.0. The van der Waals surface area contributed by atoms with E-state index in [1.165, 1.54) is 6.92 Å². The Morgan fingerprint density at radius 3 is 2.17 bits per heavy atom. The molecule has 1 saturated heterocycles. The van der Waals surface area contributed by atoms with Gasteiger partial charge in [0, 0.05) is 28.9 Å². The van der Waals surface area contributed by atoms with Crippen LogP contribution < -0.4 is 0 Å². The molecule has 1 rings (SSSR count). The SMILES string of the molecule is CC1(CBr)C(=O)N(Cl)C(=O)N1Cl. The number of alkyl halides is 1. The van der Waals surface area contributed by atoms with Crippen LogP contribution in [-0.2, 0) is 4.79 Å². The first-order valence-electron chi connectivity index (χ1n) is 3.01. The molecule has 4 nitrogen and oxygen atoms in total. The van der Waals surface area contributed by atoms with Crippen LogP contribution in [0.5, 0.6) is 0 Å². The number of imide groups is 1. The van der Waals surface area contributed by atoms with E-state index in [2.05, 4.69) is 15.9 Å². The maximum atomic E-state index is 11.3. The van der Waals surface area contributed by atoms with Gasteiger partial charge in [0.1, 0.15) is 5.54 Å². The minimum atomic E-state index is -1.08. The van der Waals surface area contributed by atoms with E-state index in [4.69, 9.17) is 23.6 Å². The predicted molar refractivity (Wildman–Crippen MR) is 48.0 cm³/mol. The van der Waals surface area contributed by atoms with E-state index < -0.39 is 17.5 Å². The predicted octanol–water partition coefficient (Wildman–Crippen LogP) is 1.71. The van der Waals surface area contributed by atoms with Crippen molar-refractivity contribution in [3.8, 4) is 0 Å². The van der Waals surface area contributed by atoms with Gasteiger partial charge in [-0.1, -0.05) is 15.9 Å². The number of carbonyl (C=O) groups is 2. The van der Waals surface area contributed by atoms with Gasteiger partial charge in [-0.05, 0) is 6.92 Å². The molecule has 12 heavy (non-hydrogen) atoms. The van der Waals surface area contributed by atoms with Crippen molar-refractivity contribution < 1.29 is 9.59 Å². The van der Waals surface area contributed by atoms with Gasteiger partial charge in [-0.2, -0.15) is 4.42 Å². The topological polar surface area (TPSA) is 40.6 Å². The Labute approximate surface area is 87.7 Å². The second-order valence-electron chi connectivity index (χ2n) is 2.56. The molecule has 0 bridgehead atoms. The quantitative estimate of drug-likeness (QED) is 0.415. The molecule has 0 aromatic rings. The zero-order valence-electron chi connectivity index (χ0n) is 6.05. The van der Waals surface area contributed by atoms with E-state index in [1.54, 1.807) is 0 Å². The van der Waals surface area contributed by atoms with Crippen molar-refractivity contribution in [1.82, 2.24) is 8.84 Å². The lowest BCUT2D eigenvalue weighted by molar-refractivity contribution is -0.127. The molecule has 1 aliphatic rings. The molecular formula is C5H5BrCl2N2O2. The minimum absolute atomic E-state index is 0.247. The molecule has 1 unspecified atom stereocenters. The maximum Gasteiger partial charge on any atom is 0.357 e. The van der Waals surface area contributed by atoms with Crippen LogP contribution in [0, 0.1) is 0 Å². The van der Waals surface area contributed by atoms with Gasteiger partial charge < -0.3 is 0 Å². The molecule has 0 spiro atoms. The first-order valence-corrected chi connectivity index (χ1v) is 4.81. The molecule has 3 amide bonds. The molecule has 0 radical (unpaired) electrons. The number of rotatable bonds is 1. The molecule has 0 N–H and O–H groups in total. The van der Waals surface area contributed by atoms with Gasteiger partial charge in [0.25, 0.3) is 5.91 Å². The van der Waals surface area contributed by atoms with Crippen molar-refractivity contribution in [1.29, 1.82) is 0 Å². The number of carbonyl (C=O) groups excluding carboxylic acids is 2. The second-order valence-corrected chi connectivity index (χ2v) is 3.79. The lowest BCUT2D eigenvalue weighted by Gasteiger charge is -2.22. The highest BCUT2D eigenvalue weighted by atomic mass is 79.9. The van der Waals surface area contributed by atoms with E-state index in [0.29, 0.717) is 4.42 Å². The lowest BCUT2D eigenvalue weighted by Crippen LogP contribution is -2.43. The zero-order valence-corrected chi connectivity index (χ0v) is 9.15. The fourth-order valence-corrected chi connectivity index (χ4v) is 1.92. The van der Waals surface area contributed by atoms with Crippen LogP contribution in [-0.4, -0.2) is 31.6 Å². The summed E-state index contributed by atoms with van der Waals surface area (Å²) in [7, 11) is 0. The second kappa shape index (κ2) is 3.05. The normalized spacial score (nSPS) is 30.3. The van der Waals surface area contributed by atoms with Crippen LogP contribution in [0.2, 0.25) is 0 Å². The largest absolute Gasteiger partial charge is 0.357 e. The monoisotopic (exact) mass is 274 g/mol. The zero-order chi connectivity index (χ0) is 9.52. The summed E-state index contributed by atoms with van der Waals surface area (Å²) in [4.78, 5) is 22.3. The summed E-state index contributed by atoms with van der Waals surface area (Å²) in [5, 5.41) is 0.247. The number of nitrogens with zero attached hydrogens (tertiary/aromatic N) is 2. The third kappa shape index (κ3) is 1.11. The van der Waals surface area contributed by atoms with E-state index in [0.717, 1.165) is 4.42 Å². The average molecular weight is 276 g/mol. The molecule has 0 aromatic heterocycles. The number of urea groups is 1. The Balaban J connectivity index is 3.06. The minimum Gasteiger partial charge on any atom is -0.270 e. The van der Waals surface area contributed by atoms with Crippen molar-refractivity contribution in [2.45, 2.75) is 12.5 Å². The Morgan fingerprint density at radius 2 is 2.00 bits per heavy atom. The molecule has 1 atom stereocenters. The lowest BCUT2D eigenvalue weighted by atomic mass is 10.1. The van der Waals surface area contributed by atoms with E-state index in [9.17, 15) is 9.59 Å². The summed E-state index contributed by atoms with van der Waals surface area (Å²) in [6, 6.07) is -0.717. The smallest absolute Gasteiger partial charge is 0.270 e.